The van der Waals surface area contributed by atoms with Gasteiger partial charge in [-0.05, 0) is 24.3 Å². The highest BCUT2D eigenvalue weighted by Crippen LogP contribution is 2.11. The van der Waals surface area contributed by atoms with Crippen LogP contribution in [0.15, 0.2) is 24.3 Å². The van der Waals surface area contributed by atoms with Crippen LogP contribution in [0.1, 0.15) is 5.56 Å². The van der Waals surface area contributed by atoms with Gasteiger partial charge in [0.25, 0.3) is 0 Å². The Morgan fingerprint density at radius 2 is 2.07 bits per heavy atom. The van der Waals surface area contributed by atoms with E-state index in [1.165, 1.54) is 0 Å². The molecule has 0 aromatic heterocycles. The Labute approximate surface area is 82.5 Å². The Morgan fingerprint density at radius 3 is 2.57 bits per heavy atom. The normalized spacial score (nSPS) is 11.8. The molecule has 0 spiro atoms. The predicted molar refractivity (Wildman–Crippen MR) is 51.7 cm³/mol. The maximum atomic E-state index is 9.12. The number of nitriles is 1. The van der Waals surface area contributed by atoms with Crippen molar-refractivity contribution in [3.8, 4) is 11.8 Å². The van der Waals surface area contributed by atoms with E-state index in [9.17, 15) is 0 Å². The van der Waals surface area contributed by atoms with Crippen molar-refractivity contribution in [2.45, 2.75) is 6.10 Å². The van der Waals surface area contributed by atoms with Gasteiger partial charge >= 0.3 is 0 Å². The summed E-state index contributed by atoms with van der Waals surface area (Å²) in [7, 11) is 0. The summed E-state index contributed by atoms with van der Waals surface area (Å²) in [5, 5.41) is 17.7. The summed E-state index contributed by atoms with van der Waals surface area (Å²) in [4.78, 5) is 0. The Balaban J connectivity index is 2.49. The number of hydrogen-bond donors (Lipinski definition) is 2. The minimum absolute atomic E-state index is 0.169. The first-order chi connectivity index (χ1) is 6.76. The number of nitrogens with two attached hydrogens (primary N) is 1. The molecule has 0 aliphatic rings. The number of benzene rings is 1. The van der Waals surface area contributed by atoms with Gasteiger partial charge in [0.1, 0.15) is 18.5 Å². The molecule has 0 saturated carbocycles. The highest BCUT2D eigenvalue weighted by atomic mass is 16.5. The molecule has 0 radical (unpaired) electrons. The molecule has 1 rings (SSSR count). The van der Waals surface area contributed by atoms with Crippen molar-refractivity contribution in [3.05, 3.63) is 29.8 Å². The molecule has 3 N–H and O–H groups in total. The van der Waals surface area contributed by atoms with Gasteiger partial charge in [-0.25, -0.2) is 0 Å². The molecule has 0 fully saturated rings. The third kappa shape index (κ3) is 3.05. The maximum absolute atomic E-state index is 9.12. The highest BCUT2D eigenvalue weighted by molar-refractivity contribution is 5.34. The molecule has 1 aromatic carbocycles. The Bertz CT molecular complexity index is 316. The minimum atomic E-state index is -0.648. The smallest absolute Gasteiger partial charge is 0.119 e. The van der Waals surface area contributed by atoms with Gasteiger partial charge in [0, 0.05) is 6.54 Å². The fourth-order valence-corrected chi connectivity index (χ4v) is 0.886. The molecule has 0 saturated heterocycles. The van der Waals surface area contributed by atoms with Crippen LogP contribution in [0.25, 0.3) is 0 Å². The zero-order valence-corrected chi connectivity index (χ0v) is 7.68. The van der Waals surface area contributed by atoms with Crippen molar-refractivity contribution in [1.82, 2.24) is 0 Å². The van der Waals surface area contributed by atoms with Crippen molar-refractivity contribution in [3.63, 3.8) is 0 Å². The van der Waals surface area contributed by atoms with Crippen LogP contribution >= 0.6 is 0 Å². The van der Waals surface area contributed by atoms with Gasteiger partial charge in [-0.15, -0.1) is 0 Å². The molecule has 0 aliphatic carbocycles. The molecule has 4 heteroatoms. The molecular weight excluding hydrogens is 180 g/mol. The van der Waals surface area contributed by atoms with E-state index in [1.807, 2.05) is 6.07 Å². The molecular formula is C10H12N2O2. The number of nitrogens with zero attached hydrogens (tertiary/aromatic N) is 1. The van der Waals surface area contributed by atoms with E-state index in [1.54, 1.807) is 24.3 Å². The zero-order valence-electron chi connectivity index (χ0n) is 7.68. The molecule has 0 aliphatic heterocycles. The average Bonchev–Trinajstić information content (AvgIpc) is 2.26. The topological polar surface area (TPSA) is 79.3 Å². The summed E-state index contributed by atoms with van der Waals surface area (Å²) in [6, 6.07) is 8.68. The van der Waals surface area contributed by atoms with Crippen LogP contribution in [0.3, 0.4) is 0 Å². The molecule has 1 atom stereocenters. The second kappa shape index (κ2) is 5.22. The number of aliphatic hydroxyl groups excluding tert-OH is 1. The van der Waals surface area contributed by atoms with Crippen LogP contribution in [-0.2, 0) is 0 Å². The molecule has 4 nitrogen and oxygen atoms in total. The minimum Gasteiger partial charge on any atom is -0.491 e. The van der Waals surface area contributed by atoms with Crippen LogP contribution in [0.4, 0.5) is 0 Å². The van der Waals surface area contributed by atoms with E-state index >= 15 is 0 Å². The van der Waals surface area contributed by atoms with Crippen molar-refractivity contribution in [2.24, 2.45) is 5.73 Å². The average molecular weight is 192 g/mol. The maximum Gasteiger partial charge on any atom is 0.119 e. The van der Waals surface area contributed by atoms with Crippen molar-refractivity contribution >= 4 is 0 Å². The molecule has 74 valence electrons. The monoisotopic (exact) mass is 192 g/mol. The van der Waals surface area contributed by atoms with E-state index < -0.39 is 6.10 Å². The van der Waals surface area contributed by atoms with E-state index in [4.69, 9.17) is 20.8 Å². The van der Waals surface area contributed by atoms with Crippen LogP contribution < -0.4 is 10.5 Å². The lowest BCUT2D eigenvalue weighted by Crippen LogP contribution is -2.26. The van der Waals surface area contributed by atoms with Gasteiger partial charge in [0.05, 0.1) is 11.6 Å². The van der Waals surface area contributed by atoms with Gasteiger partial charge < -0.3 is 15.6 Å². The lowest BCUT2D eigenvalue weighted by molar-refractivity contribution is 0.114. The fourth-order valence-electron chi connectivity index (χ4n) is 0.886. The number of ether oxygens (including phenoxy) is 1. The van der Waals surface area contributed by atoms with E-state index in [0.717, 1.165) is 0 Å². The van der Waals surface area contributed by atoms with E-state index in [2.05, 4.69) is 0 Å². The summed E-state index contributed by atoms with van der Waals surface area (Å²) < 4.78 is 5.22. The zero-order chi connectivity index (χ0) is 10.4. The first-order valence-electron chi connectivity index (χ1n) is 4.27. The third-order valence-electron chi connectivity index (χ3n) is 1.70. The van der Waals surface area contributed by atoms with Crippen LogP contribution in [0.5, 0.6) is 5.75 Å². The molecule has 0 amide bonds. The first kappa shape index (κ1) is 10.5. The lowest BCUT2D eigenvalue weighted by Gasteiger charge is -2.09. The highest BCUT2D eigenvalue weighted by Gasteiger charge is 2.01. The predicted octanol–water partition coefficient (Wildman–Crippen LogP) is 0.257. The quantitative estimate of drug-likeness (QED) is 0.717. The summed E-state index contributed by atoms with van der Waals surface area (Å²) in [5.74, 6) is 0.622. The lowest BCUT2D eigenvalue weighted by atomic mass is 10.2. The van der Waals surface area contributed by atoms with Crippen LogP contribution in [0, 0.1) is 11.3 Å². The summed E-state index contributed by atoms with van der Waals surface area (Å²) in [6.07, 6.45) is -0.648. The standard InChI is InChI=1S/C10H12N2O2/c11-5-8-1-3-10(4-2-8)14-7-9(13)6-12/h1-4,9,13H,6-7,12H2/t9-/m0/s1. The van der Waals surface area contributed by atoms with Gasteiger partial charge in [0.15, 0.2) is 0 Å². The van der Waals surface area contributed by atoms with Gasteiger partial charge in [-0.2, -0.15) is 5.26 Å². The van der Waals surface area contributed by atoms with Gasteiger partial charge in [0.2, 0.25) is 0 Å². The fraction of sp³-hybridized carbons (Fsp3) is 0.300. The van der Waals surface area contributed by atoms with Crippen molar-refractivity contribution < 1.29 is 9.84 Å². The summed E-state index contributed by atoms with van der Waals surface area (Å²) in [5.41, 5.74) is 5.79. The van der Waals surface area contributed by atoms with Crippen molar-refractivity contribution in [1.29, 1.82) is 5.26 Å². The molecule has 1 aromatic rings. The van der Waals surface area contributed by atoms with Crippen LogP contribution in [0.2, 0.25) is 0 Å². The Hall–Kier alpha value is -1.57. The van der Waals surface area contributed by atoms with E-state index in [-0.39, 0.29) is 13.2 Å². The Morgan fingerprint density at radius 1 is 1.43 bits per heavy atom. The molecule has 0 bridgehead atoms. The van der Waals surface area contributed by atoms with Crippen molar-refractivity contribution in [2.75, 3.05) is 13.2 Å². The second-order valence-electron chi connectivity index (χ2n) is 2.84. The van der Waals surface area contributed by atoms with E-state index in [0.29, 0.717) is 11.3 Å². The van der Waals surface area contributed by atoms with Gasteiger partial charge in [-0.3, -0.25) is 0 Å². The Kier molecular flexibility index (Phi) is 3.92. The largest absolute Gasteiger partial charge is 0.491 e. The number of aliphatic hydroxyl groups is 1. The number of hydrogen-bond acceptors (Lipinski definition) is 4. The SMILES string of the molecule is N#Cc1ccc(OC[C@@H](O)CN)cc1. The summed E-state index contributed by atoms with van der Waals surface area (Å²) >= 11 is 0. The summed E-state index contributed by atoms with van der Waals surface area (Å²) in [6.45, 7) is 0.346. The third-order valence-corrected chi connectivity index (χ3v) is 1.70. The number of rotatable bonds is 4. The first-order valence-corrected chi connectivity index (χ1v) is 4.27. The second-order valence-corrected chi connectivity index (χ2v) is 2.84. The molecule has 0 unspecified atom stereocenters. The van der Waals surface area contributed by atoms with Crippen LogP contribution in [-0.4, -0.2) is 24.4 Å². The van der Waals surface area contributed by atoms with Gasteiger partial charge in [-0.1, -0.05) is 0 Å². The molecule has 0 heterocycles. The molecule has 14 heavy (non-hydrogen) atoms.